The molecule has 0 spiro atoms. The van der Waals surface area contributed by atoms with Crippen LogP contribution < -0.4 is 0 Å². The Balaban J connectivity index is 2.32. The summed E-state index contributed by atoms with van der Waals surface area (Å²) < 4.78 is 14.6. The lowest BCUT2D eigenvalue weighted by atomic mass is 10.3. The third-order valence-corrected chi connectivity index (χ3v) is 3.62. The van der Waals surface area contributed by atoms with Crippen molar-refractivity contribution < 1.29 is 4.39 Å². The molecule has 0 saturated heterocycles. The normalized spacial score (nSPS) is 12.6. The number of thioether (sulfide) groups is 1. The van der Waals surface area contributed by atoms with Gasteiger partial charge in [0.1, 0.15) is 0 Å². The van der Waals surface area contributed by atoms with Crippen molar-refractivity contribution in [2.24, 2.45) is 0 Å². The van der Waals surface area contributed by atoms with Gasteiger partial charge in [-0.25, -0.2) is 9.37 Å². The number of hydrogen-bond acceptors (Lipinski definition) is 3. The molecule has 1 aromatic heterocycles. The average molecular weight is 223 g/mol. The van der Waals surface area contributed by atoms with E-state index in [-0.39, 0.29) is 0 Å². The Morgan fingerprint density at radius 3 is 3.00 bits per heavy atom. The molecule has 70 valence electrons. The van der Waals surface area contributed by atoms with E-state index in [0.29, 0.717) is 4.34 Å². The topological polar surface area (TPSA) is 12.9 Å². The van der Waals surface area contributed by atoms with Crippen molar-refractivity contribution in [1.29, 1.82) is 0 Å². The van der Waals surface area contributed by atoms with Gasteiger partial charge in [-0.2, -0.15) is 0 Å². The number of halogens is 1. The van der Waals surface area contributed by atoms with Gasteiger partial charge in [0.25, 0.3) is 0 Å². The lowest BCUT2D eigenvalue weighted by Crippen LogP contribution is -1.85. The van der Waals surface area contributed by atoms with Crippen molar-refractivity contribution in [1.82, 2.24) is 4.98 Å². The zero-order chi connectivity index (χ0) is 9.97. The Morgan fingerprint density at radius 1 is 1.50 bits per heavy atom. The van der Waals surface area contributed by atoms with Gasteiger partial charge in [0.05, 0.1) is 10.2 Å². The van der Waals surface area contributed by atoms with E-state index in [1.807, 2.05) is 30.2 Å². The number of thiazole rings is 1. The van der Waals surface area contributed by atoms with Crippen LogP contribution in [0.2, 0.25) is 0 Å². The summed E-state index contributed by atoms with van der Waals surface area (Å²) in [4.78, 5) is 4.25. The number of alkyl halides is 1. The highest BCUT2D eigenvalue weighted by Crippen LogP contribution is 2.31. The first-order valence-electron chi connectivity index (χ1n) is 3.92. The van der Waals surface area contributed by atoms with Gasteiger partial charge in [-0.3, -0.25) is 0 Å². The average Bonchev–Trinajstić information content (AvgIpc) is 2.59. The second-order valence-electron chi connectivity index (χ2n) is 2.55. The van der Waals surface area contributed by atoms with Crippen molar-refractivity contribution in [2.45, 2.75) is 9.84 Å². The van der Waals surface area contributed by atoms with Crippen LogP contribution in [0.15, 0.2) is 28.6 Å². The first-order chi connectivity index (χ1) is 6.79. The predicted octanol–water partition coefficient (Wildman–Crippen LogP) is 3.32. The smallest absolute Gasteiger partial charge is 0.212 e. The Hall–Kier alpha value is -1.05. The minimum Gasteiger partial charge on any atom is -0.230 e. The zero-order valence-electron chi connectivity index (χ0n) is 7.11. The van der Waals surface area contributed by atoms with E-state index in [2.05, 4.69) is 4.98 Å². The molecule has 0 fully saturated rings. The summed E-state index contributed by atoms with van der Waals surface area (Å²) in [7, 11) is 0. The minimum absolute atomic E-state index is 0.677. The summed E-state index contributed by atoms with van der Waals surface area (Å²) in [5.74, 6) is 2.02. The Kier molecular flexibility index (Phi) is 2.71. The van der Waals surface area contributed by atoms with Crippen molar-refractivity contribution in [3.63, 3.8) is 0 Å². The van der Waals surface area contributed by atoms with Gasteiger partial charge >= 0.3 is 0 Å². The maximum Gasteiger partial charge on any atom is 0.212 e. The number of nitrogens with zero attached hydrogens (tertiary/aromatic N) is 1. The molecule has 14 heavy (non-hydrogen) atoms. The molecule has 0 saturated carbocycles. The van der Waals surface area contributed by atoms with Gasteiger partial charge in [0, 0.05) is 0 Å². The summed E-state index contributed by atoms with van der Waals surface area (Å²) in [5, 5.41) is 0. The largest absolute Gasteiger partial charge is 0.230 e. The van der Waals surface area contributed by atoms with Crippen LogP contribution in [0.5, 0.6) is 0 Å². The second-order valence-corrected chi connectivity index (χ2v) is 4.87. The van der Waals surface area contributed by atoms with Crippen molar-refractivity contribution in [3.05, 3.63) is 24.3 Å². The van der Waals surface area contributed by atoms with E-state index in [1.165, 1.54) is 11.3 Å². The third-order valence-electron chi connectivity index (χ3n) is 1.61. The molecule has 0 aliphatic heterocycles. The van der Waals surface area contributed by atoms with Crippen molar-refractivity contribution in [3.8, 4) is 12.3 Å². The van der Waals surface area contributed by atoms with E-state index in [4.69, 9.17) is 6.42 Å². The quantitative estimate of drug-likeness (QED) is 0.572. The molecule has 1 nitrogen and oxygen atoms in total. The van der Waals surface area contributed by atoms with Gasteiger partial charge in [-0.05, 0) is 23.9 Å². The van der Waals surface area contributed by atoms with Crippen LogP contribution in [0.25, 0.3) is 10.2 Å². The molecule has 0 bridgehead atoms. The van der Waals surface area contributed by atoms with Crippen LogP contribution in [-0.2, 0) is 0 Å². The Labute approximate surface area is 89.4 Å². The molecule has 1 aromatic carbocycles. The fourth-order valence-corrected chi connectivity index (χ4v) is 2.83. The first kappa shape index (κ1) is 9.50. The van der Waals surface area contributed by atoms with Crippen LogP contribution in [0.1, 0.15) is 0 Å². The van der Waals surface area contributed by atoms with Crippen LogP contribution in [0, 0.1) is 12.3 Å². The highest BCUT2D eigenvalue weighted by molar-refractivity contribution is 8.01. The summed E-state index contributed by atoms with van der Waals surface area (Å²) in [6.07, 6.45) is 4.95. The van der Waals surface area contributed by atoms with Crippen LogP contribution in [-0.4, -0.2) is 10.5 Å². The molecule has 2 rings (SSSR count). The molecule has 1 heterocycles. The number of benzene rings is 1. The molecular formula is C10H6FNS2. The highest BCUT2D eigenvalue weighted by atomic mass is 32.2. The number of terminal acetylenes is 1. The van der Waals surface area contributed by atoms with Gasteiger partial charge in [0.15, 0.2) is 4.34 Å². The monoisotopic (exact) mass is 223 g/mol. The molecule has 1 atom stereocenters. The summed E-state index contributed by atoms with van der Waals surface area (Å²) in [6, 6.07) is 7.70. The minimum atomic E-state index is -1.31. The molecule has 4 heteroatoms. The predicted molar refractivity (Wildman–Crippen MR) is 59.2 cm³/mol. The molecule has 0 radical (unpaired) electrons. The van der Waals surface area contributed by atoms with Crippen LogP contribution in [0.3, 0.4) is 0 Å². The zero-order valence-corrected chi connectivity index (χ0v) is 8.74. The number of para-hydroxylation sites is 1. The lowest BCUT2D eigenvalue weighted by Gasteiger charge is -1.93. The summed E-state index contributed by atoms with van der Waals surface area (Å²) in [5.41, 5.74) is -0.417. The molecule has 0 aliphatic rings. The molecular weight excluding hydrogens is 217 g/mol. The second kappa shape index (κ2) is 3.99. The fraction of sp³-hybridized carbons (Fsp3) is 0.100. The maximum absolute atomic E-state index is 12.8. The van der Waals surface area contributed by atoms with Crippen LogP contribution >= 0.6 is 23.1 Å². The van der Waals surface area contributed by atoms with Gasteiger partial charge < -0.3 is 0 Å². The van der Waals surface area contributed by atoms with E-state index >= 15 is 0 Å². The van der Waals surface area contributed by atoms with Gasteiger partial charge in [0.2, 0.25) is 5.50 Å². The molecule has 2 aromatic rings. The third kappa shape index (κ3) is 1.89. The standard InChI is InChI=1S/C10H6FNS2/c1-2-9(11)14-10-12-7-5-3-4-6-8(7)13-10/h1,3-6,9H. The summed E-state index contributed by atoms with van der Waals surface area (Å²) in [6.45, 7) is 0. The van der Waals surface area contributed by atoms with Gasteiger partial charge in [-0.15, -0.1) is 17.8 Å². The van der Waals surface area contributed by atoms with Gasteiger partial charge in [-0.1, -0.05) is 18.1 Å². The van der Waals surface area contributed by atoms with Crippen molar-refractivity contribution in [2.75, 3.05) is 0 Å². The van der Waals surface area contributed by atoms with E-state index in [9.17, 15) is 4.39 Å². The number of hydrogen-bond donors (Lipinski definition) is 0. The fourth-order valence-electron chi connectivity index (χ4n) is 1.02. The van der Waals surface area contributed by atoms with E-state index in [0.717, 1.165) is 22.0 Å². The van der Waals surface area contributed by atoms with E-state index in [1.54, 1.807) is 0 Å². The number of fused-ring (bicyclic) bond motifs is 1. The molecule has 0 N–H and O–H groups in total. The summed E-state index contributed by atoms with van der Waals surface area (Å²) >= 11 is 2.43. The molecule has 0 aliphatic carbocycles. The highest BCUT2D eigenvalue weighted by Gasteiger charge is 2.08. The van der Waals surface area contributed by atoms with Crippen LogP contribution in [0.4, 0.5) is 4.39 Å². The number of aromatic nitrogens is 1. The number of rotatable bonds is 2. The van der Waals surface area contributed by atoms with Crippen molar-refractivity contribution >= 4 is 33.3 Å². The Bertz CT molecular complexity index is 453. The lowest BCUT2D eigenvalue weighted by molar-refractivity contribution is 0.532. The SMILES string of the molecule is C#CC(F)Sc1nc2ccccc2s1. The van der Waals surface area contributed by atoms with E-state index < -0.39 is 5.50 Å². The molecule has 0 amide bonds. The Morgan fingerprint density at radius 2 is 2.29 bits per heavy atom. The maximum atomic E-state index is 12.8. The first-order valence-corrected chi connectivity index (χ1v) is 5.61. The molecule has 1 unspecified atom stereocenters.